The highest BCUT2D eigenvalue weighted by Crippen LogP contribution is 2.15. The van der Waals surface area contributed by atoms with Crippen molar-refractivity contribution in [3.05, 3.63) is 126 Å². The summed E-state index contributed by atoms with van der Waals surface area (Å²) >= 11 is 0. The number of hydrogen-bond donors (Lipinski definition) is 0. The molecule has 0 atom stereocenters. The van der Waals surface area contributed by atoms with Gasteiger partial charge in [0, 0.05) is 45.2 Å². The molecule has 0 aliphatic rings. The van der Waals surface area contributed by atoms with Gasteiger partial charge in [0.2, 0.25) is 5.91 Å². The molecule has 4 rings (SSSR count). The first-order chi connectivity index (χ1) is 19.6. The molecule has 7 heteroatoms. The van der Waals surface area contributed by atoms with Gasteiger partial charge in [-0.3, -0.25) is 9.59 Å². The summed E-state index contributed by atoms with van der Waals surface area (Å²) in [6.45, 7) is 2.31. The van der Waals surface area contributed by atoms with Crippen LogP contribution < -0.4 is 4.74 Å². The minimum atomic E-state index is -0.236. The van der Waals surface area contributed by atoms with Crippen LogP contribution in [0.1, 0.15) is 23.2 Å². The van der Waals surface area contributed by atoms with Gasteiger partial charge in [-0.2, -0.15) is 0 Å². The summed E-state index contributed by atoms with van der Waals surface area (Å²) in [5.41, 5.74) is 3.24. The number of carbonyl (C=O) groups is 2. The normalized spacial score (nSPS) is 10.7. The second-order valence-electron chi connectivity index (χ2n) is 9.61. The van der Waals surface area contributed by atoms with Crippen LogP contribution in [-0.2, 0) is 34.0 Å². The number of hydrogen-bond acceptors (Lipinski definition) is 4. The van der Waals surface area contributed by atoms with Crippen molar-refractivity contribution in [1.29, 1.82) is 0 Å². The van der Waals surface area contributed by atoms with E-state index in [1.54, 1.807) is 24.1 Å². The Bertz CT molecular complexity index is 1310. The topological polar surface area (TPSA) is 64.0 Å². The van der Waals surface area contributed by atoms with Crippen LogP contribution in [0.2, 0.25) is 0 Å². The van der Waals surface area contributed by atoms with E-state index in [4.69, 9.17) is 9.47 Å². The molecule has 0 bridgehead atoms. The molecule has 0 unspecified atom stereocenters. The Morgan fingerprint density at radius 3 is 2.05 bits per heavy atom. The Morgan fingerprint density at radius 2 is 1.38 bits per heavy atom. The van der Waals surface area contributed by atoms with Crippen molar-refractivity contribution in [2.45, 2.75) is 26.1 Å². The number of carbonyl (C=O) groups excluding carboxylic acids is 2. The van der Waals surface area contributed by atoms with Crippen molar-refractivity contribution >= 4 is 11.8 Å². The molecule has 0 saturated heterocycles. The fourth-order valence-corrected chi connectivity index (χ4v) is 4.47. The zero-order valence-corrected chi connectivity index (χ0v) is 23.0. The summed E-state index contributed by atoms with van der Waals surface area (Å²) in [6, 6.07) is 33.4. The number of ether oxygens (including phenoxy) is 2. The molecule has 2 amide bonds. The highest BCUT2D eigenvalue weighted by molar-refractivity contribution is 5.85. The monoisotopic (exact) mass is 539 g/mol. The number of para-hydroxylation sites is 1. The summed E-state index contributed by atoms with van der Waals surface area (Å²) in [6.07, 6.45) is 2.66. The van der Waals surface area contributed by atoms with Crippen molar-refractivity contribution in [3.8, 4) is 5.75 Å². The summed E-state index contributed by atoms with van der Waals surface area (Å²) in [5.74, 6) is 0.256. The van der Waals surface area contributed by atoms with Crippen LogP contribution in [0.4, 0.5) is 0 Å². The Kier molecular flexibility index (Phi) is 10.9. The van der Waals surface area contributed by atoms with E-state index in [2.05, 4.69) is 16.7 Å². The van der Waals surface area contributed by atoms with Gasteiger partial charge < -0.3 is 23.8 Å². The zero-order chi connectivity index (χ0) is 28.0. The van der Waals surface area contributed by atoms with E-state index in [1.807, 2.05) is 90.0 Å². The maximum absolute atomic E-state index is 13.8. The SMILES string of the molecule is COCCCN(CC(=O)N(Cc1ccccc1)Cc1cccn1Cc1ccccc1)C(=O)COc1ccccc1. The molecule has 0 fully saturated rings. The average Bonchev–Trinajstić information content (AvgIpc) is 3.42. The van der Waals surface area contributed by atoms with E-state index in [9.17, 15) is 9.59 Å². The molecular formula is C33H37N3O4. The lowest BCUT2D eigenvalue weighted by atomic mass is 10.2. The first kappa shape index (κ1) is 28.6. The van der Waals surface area contributed by atoms with Crippen LogP contribution in [0.15, 0.2) is 109 Å². The van der Waals surface area contributed by atoms with Crippen LogP contribution in [-0.4, -0.2) is 59.6 Å². The maximum atomic E-state index is 13.8. The van der Waals surface area contributed by atoms with Gasteiger partial charge in [0.1, 0.15) is 5.75 Å². The highest BCUT2D eigenvalue weighted by atomic mass is 16.5. The van der Waals surface area contributed by atoms with Crippen LogP contribution in [0.5, 0.6) is 5.75 Å². The van der Waals surface area contributed by atoms with E-state index < -0.39 is 0 Å². The lowest BCUT2D eigenvalue weighted by Crippen LogP contribution is -2.44. The molecule has 0 N–H and O–H groups in total. The molecule has 3 aromatic carbocycles. The first-order valence-electron chi connectivity index (χ1n) is 13.6. The predicted octanol–water partition coefficient (Wildman–Crippen LogP) is 5.01. The Hall–Kier alpha value is -4.36. The number of nitrogens with zero attached hydrogens (tertiary/aromatic N) is 3. The van der Waals surface area contributed by atoms with Crippen molar-refractivity contribution in [3.63, 3.8) is 0 Å². The largest absolute Gasteiger partial charge is 0.484 e. The lowest BCUT2D eigenvalue weighted by molar-refractivity contribution is -0.142. The molecule has 208 valence electrons. The van der Waals surface area contributed by atoms with Crippen molar-refractivity contribution < 1.29 is 19.1 Å². The number of rotatable bonds is 15. The Labute approximate surface area is 236 Å². The molecular weight excluding hydrogens is 502 g/mol. The van der Waals surface area contributed by atoms with Gasteiger partial charge in [0.05, 0.1) is 13.1 Å². The second kappa shape index (κ2) is 15.3. The van der Waals surface area contributed by atoms with Crippen molar-refractivity contribution in [2.75, 3.05) is 33.4 Å². The molecule has 0 saturated carbocycles. The summed E-state index contributed by atoms with van der Waals surface area (Å²) in [4.78, 5) is 30.4. The third-order valence-corrected chi connectivity index (χ3v) is 6.60. The summed E-state index contributed by atoms with van der Waals surface area (Å²) in [5, 5.41) is 0. The highest BCUT2D eigenvalue weighted by Gasteiger charge is 2.23. The third-order valence-electron chi connectivity index (χ3n) is 6.60. The van der Waals surface area contributed by atoms with Crippen LogP contribution >= 0.6 is 0 Å². The van der Waals surface area contributed by atoms with Gasteiger partial charge in [0.25, 0.3) is 5.91 Å². The zero-order valence-electron chi connectivity index (χ0n) is 23.0. The minimum absolute atomic E-state index is 0.0348. The van der Waals surface area contributed by atoms with E-state index >= 15 is 0 Å². The smallest absolute Gasteiger partial charge is 0.260 e. The molecule has 1 aromatic heterocycles. The standard InChI is InChI=1S/C33H37N3O4/c1-39-22-12-21-35(33(38)27-40-31-18-9-4-10-19-31)26-32(37)36(24-29-15-7-3-8-16-29)25-30-17-11-20-34(30)23-28-13-5-2-6-14-28/h2-11,13-20H,12,21-27H2,1H3. The van der Waals surface area contributed by atoms with E-state index in [0.717, 1.165) is 17.8 Å². The van der Waals surface area contributed by atoms with Crippen LogP contribution in [0.25, 0.3) is 0 Å². The minimum Gasteiger partial charge on any atom is -0.484 e. The number of methoxy groups -OCH3 is 1. The third kappa shape index (κ3) is 8.85. The van der Waals surface area contributed by atoms with Gasteiger partial charge in [-0.05, 0) is 41.8 Å². The van der Waals surface area contributed by atoms with Gasteiger partial charge in [-0.1, -0.05) is 78.9 Å². The molecule has 7 nitrogen and oxygen atoms in total. The van der Waals surface area contributed by atoms with Crippen LogP contribution in [0.3, 0.4) is 0 Å². The summed E-state index contributed by atoms with van der Waals surface area (Å²) in [7, 11) is 1.63. The fourth-order valence-electron chi connectivity index (χ4n) is 4.47. The number of benzene rings is 3. The summed E-state index contributed by atoms with van der Waals surface area (Å²) < 4.78 is 13.1. The van der Waals surface area contributed by atoms with Gasteiger partial charge >= 0.3 is 0 Å². The Balaban J connectivity index is 1.49. The van der Waals surface area contributed by atoms with E-state index in [1.165, 1.54) is 5.56 Å². The molecule has 1 heterocycles. The van der Waals surface area contributed by atoms with Gasteiger partial charge in [0.15, 0.2) is 6.61 Å². The lowest BCUT2D eigenvalue weighted by Gasteiger charge is -2.28. The maximum Gasteiger partial charge on any atom is 0.260 e. The second-order valence-corrected chi connectivity index (χ2v) is 9.61. The number of amides is 2. The molecule has 0 radical (unpaired) electrons. The number of aromatic nitrogens is 1. The van der Waals surface area contributed by atoms with Crippen molar-refractivity contribution in [2.24, 2.45) is 0 Å². The van der Waals surface area contributed by atoms with Crippen molar-refractivity contribution in [1.82, 2.24) is 14.4 Å². The molecule has 0 aliphatic carbocycles. The molecule has 0 aliphatic heterocycles. The first-order valence-corrected chi connectivity index (χ1v) is 13.6. The van der Waals surface area contributed by atoms with Gasteiger partial charge in [-0.25, -0.2) is 0 Å². The van der Waals surface area contributed by atoms with E-state index in [-0.39, 0.29) is 25.0 Å². The molecule has 40 heavy (non-hydrogen) atoms. The van der Waals surface area contributed by atoms with Crippen LogP contribution in [0, 0.1) is 0 Å². The predicted molar refractivity (Wildman–Crippen MR) is 156 cm³/mol. The molecule has 0 spiro atoms. The molecule has 4 aromatic rings. The fraction of sp³-hybridized carbons (Fsp3) is 0.273. The van der Waals surface area contributed by atoms with Gasteiger partial charge in [-0.15, -0.1) is 0 Å². The average molecular weight is 540 g/mol. The quantitative estimate of drug-likeness (QED) is 0.199. The van der Waals surface area contributed by atoms with E-state index in [0.29, 0.717) is 38.4 Å². The Morgan fingerprint density at radius 1 is 0.725 bits per heavy atom.